The van der Waals surface area contributed by atoms with Crippen LogP contribution in [0.25, 0.3) is 10.2 Å². The summed E-state index contributed by atoms with van der Waals surface area (Å²) in [6, 6.07) is 0. The van der Waals surface area contributed by atoms with Gasteiger partial charge in [-0.15, -0.1) is 11.3 Å². The number of H-pyrrole nitrogens is 1. The van der Waals surface area contributed by atoms with Crippen LogP contribution in [0.1, 0.15) is 32.8 Å². The van der Waals surface area contributed by atoms with Crippen LogP contribution in [0.4, 0.5) is 0 Å². The quantitative estimate of drug-likeness (QED) is 0.818. The van der Waals surface area contributed by atoms with Crippen LogP contribution >= 0.6 is 11.3 Å². The smallest absolute Gasteiger partial charge is 0.372 e. The highest BCUT2D eigenvalue weighted by molar-refractivity contribution is 7.19. The van der Waals surface area contributed by atoms with Crippen LogP contribution in [-0.4, -0.2) is 33.6 Å². The number of aryl methyl sites for hydroxylation is 1. The molecule has 2 aromatic heterocycles. The zero-order valence-electron chi connectivity index (χ0n) is 10.1. The van der Waals surface area contributed by atoms with Crippen LogP contribution in [0.2, 0.25) is 0 Å². The molecule has 0 saturated heterocycles. The van der Waals surface area contributed by atoms with Crippen LogP contribution < -0.4 is 5.56 Å². The number of ether oxygens (including phenoxy) is 1. The van der Waals surface area contributed by atoms with E-state index in [0.29, 0.717) is 4.88 Å². The maximum atomic E-state index is 11.9. The molecule has 0 fully saturated rings. The van der Waals surface area contributed by atoms with Gasteiger partial charge in [0.1, 0.15) is 4.83 Å². The maximum Gasteiger partial charge on any atom is 0.372 e. The number of hydrogen-bond donors (Lipinski definition) is 2. The number of aromatic amines is 1. The molecule has 2 aromatic rings. The Bertz CT molecular complexity index is 730. The molecule has 0 aliphatic heterocycles. The minimum Gasteiger partial charge on any atom is -0.475 e. The average Bonchev–Trinajstić information content (AvgIpc) is 2.66. The van der Waals surface area contributed by atoms with Crippen LogP contribution in [-0.2, 0) is 4.74 Å². The number of nitrogens with one attached hydrogen (secondary N) is 1. The highest BCUT2D eigenvalue weighted by Crippen LogP contribution is 2.27. The summed E-state index contributed by atoms with van der Waals surface area (Å²) < 4.78 is 4.88. The number of aromatic carboxylic acids is 1. The van der Waals surface area contributed by atoms with Crippen molar-refractivity contribution in [2.45, 2.75) is 13.8 Å². The summed E-state index contributed by atoms with van der Waals surface area (Å²) in [6.07, 6.45) is 0. The topological polar surface area (TPSA) is 109 Å². The Morgan fingerprint density at radius 3 is 2.74 bits per heavy atom. The molecule has 0 aliphatic carbocycles. The molecule has 7 nitrogen and oxygen atoms in total. The molecule has 19 heavy (non-hydrogen) atoms. The lowest BCUT2D eigenvalue weighted by molar-refractivity contribution is 0.0528. The lowest BCUT2D eigenvalue weighted by atomic mass is 10.2. The van der Waals surface area contributed by atoms with Crippen molar-refractivity contribution in [3.63, 3.8) is 0 Å². The van der Waals surface area contributed by atoms with Crippen LogP contribution in [0.3, 0.4) is 0 Å². The Labute approximate surface area is 110 Å². The number of thiophene rings is 1. The molecule has 0 radical (unpaired) electrons. The van der Waals surface area contributed by atoms with Gasteiger partial charge in [0.25, 0.3) is 5.56 Å². The lowest BCUT2D eigenvalue weighted by Gasteiger charge is -2.01. The SMILES string of the molecule is CCOC(=O)c1c(C)sc2nc(C(=O)O)[nH]c(=O)c12. The first-order valence-corrected chi connectivity index (χ1v) is 6.21. The third kappa shape index (κ3) is 2.22. The van der Waals surface area contributed by atoms with Crippen molar-refractivity contribution in [2.75, 3.05) is 6.61 Å². The molecule has 2 N–H and O–H groups in total. The van der Waals surface area contributed by atoms with Crippen molar-refractivity contribution >= 4 is 33.5 Å². The molecular formula is C11H10N2O5S. The van der Waals surface area contributed by atoms with Gasteiger partial charge in [-0.2, -0.15) is 0 Å². The van der Waals surface area contributed by atoms with Gasteiger partial charge in [0.2, 0.25) is 5.82 Å². The molecular weight excluding hydrogens is 272 g/mol. The fourth-order valence-corrected chi connectivity index (χ4v) is 2.68. The monoisotopic (exact) mass is 282 g/mol. The summed E-state index contributed by atoms with van der Waals surface area (Å²) in [4.78, 5) is 41.2. The highest BCUT2D eigenvalue weighted by atomic mass is 32.1. The van der Waals surface area contributed by atoms with Gasteiger partial charge in [-0.1, -0.05) is 0 Å². The van der Waals surface area contributed by atoms with Crippen molar-refractivity contribution in [1.82, 2.24) is 9.97 Å². The van der Waals surface area contributed by atoms with Crippen LogP contribution in [0.5, 0.6) is 0 Å². The van der Waals surface area contributed by atoms with E-state index in [9.17, 15) is 14.4 Å². The summed E-state index contributed by atoms with van der Waals surface area (Å²) in [5.41, 5.74) is -0.512. The van der Waals surface area contributed by atoms with Gasteiger partial charge in [0, 0.05) is 4.88 Å². The van der Waals surface area contributed by atoms with Gasteiger partial charge >= 0.3 is 11.9 Å². The third-order valence-corrected chi connectivity index (χ3v) is 3.42. The molecule has 0 aromatic carbocycles. The number of carbonyl (C=O) groups excluding carboxylic acids is 1. The Balaban J connectivity index is 2.74. The Hall–Kier alpha value is -2.22. The van der Waals surface area contributed by atoms with Crippen LogP contribution in [0, 0.1) is 6.92 Å². The molecule has 0 saturated carbocycles. The molecule has 0 amide bonds. The van der Waals surface area contributed by atoms with Crippen molar-refractivity contribution in [3.05, 3.63) is 26.6 Å². The Morgan fingerprint density at radius 2 is 2.16 bits per heavy atom. The predicted molar refractivity (Wildman–Crippen MR) is 67.9 cm³/mol. The van der Waals surface area contributed by atoms with Crippen molar-refractivity contribution in [3.8, 4) is 0 Å². The minimum absolute atomic E-state index is 0.0750. The lowest BCUT2D eigenvalue weighted by Crippen LogP contribution is -2.17. The molecule has 0 aliphatic rings. The molecule has 100 valence electrons. The van der Waals surface area contributed by atoms with E-state index in [1.807, 2.05) is 0 Å². The van der Waals surface area contributed by atoms with E-state index >= 15 is 0 Å². The normalized spacial score (nSPS) is 10.6. The first kappa shape index (κ1) is 13.2. The third-order valence-electron chi connectivity index (χ3n) is 2.42. The number of fused-ring (bicyclic) bond motifs is 1. The fraction of sp³-hybridized carbons (Fsp3) is 0.273. The van der Waals surface area contributed by atoms with E-state index < -0.39 is 23.3 Å². The number of aromatic nitrogens is 2. The minimum atomic E-state index is -1.33. The van der Waals surface area contributed by atoms with Gasteiger partial charge in [-0.25, -0.2) is 14.6 Å². The molecule has 2 rings (SSSR count). The maximum absolute atomic E-state index is 11.9. The van der Waals surface area contributed by atoms with Crippen LogP contribution in [0.15, 0.2) is 4.79 Å². The number of carboxylic acid groups (broad SMARTS) is 1. The van der Waals surface area contributed by atoms with Gasteiger partial charge in [-0.05, 0) is 13.8 Å². The molecule has 0 unspecified atom stereocenters. The second kappa shape index (κ2) is 4.81. The van der Waals surface area contributed by atoms with E-state index in [0.717, 1.165) is 11.3 Å². The first-order valence-electron chi connectivity index (χ1n) is 5.39. The fourth-order valence-electron chi connectivity index (χ4n) is 1.67. The number of esters is 1. The molecule has 0 bridgehead atoms. The van der Waals surface area contributed by atoms with Gasteiger partial charge in [0.05, 0.1) is 17.6 Å². The summed E-state index contributed by atoms with van der Waals surface area (Å²) in [5, 5.41) is 8.89. The van der Waals surface area contributed by atoms with Gasteiger partial charge < -0.3 is 14.8 Å². The summed E-state index contributed by atoms with van der Waals surface area (Å²) in [7, 11) is 0. The largest absolute Gasteiger partial charge is 0.475 e. The summed E-state index contributed by atoms with van der Waals surface area (Å²) in [6.45, 7) is 3.50. The van der Waals surface area contributed by atoms with E-state index in [4.69, 9.17) is 9.84 Å². The predicted octanol–water partition coefficient (Wildman–Crippen LogP) is 1.17. The highest BCUT2D eigenvalue weighted by Gasteiger charge is 2.22. The number of rotatable bonds is 3. The van der Waals surface area contributed by atoms with Crippen molar-refractivity contribution in [2.24, 2.45) is 0 Å². The van der Waals surface area contributed by atoms with E-state index in [-0.39, 0.29) is 22.4 Å². The molecule has 0 atom stereocenters. The zero-order valence-corrected chi connectivity index (χ0v) is 11.0. The summed E-state index contributed by atoms with van der Waals surface area (Å²) >= 11 is 1.08. The van der Waals surface area contributed by atoms with E-state index in [1.54, 1.807) is 13.8 Å². The second-order valence-electron chi connectivity index (χ2n) is 3.65. The number of carboxylic acids is 1. The first-order chi connectivity index (χ1) is 8.95. The number of carbonyl (C=O) groups is 2. The average molecular weight is 282 g/mol. The second-order valence-corrected chi connectivity index (χ2v) is 4.86. The van der Waals surface area contributed by atoms with E-state index in [2.05, 4.69) is 9.97 Å². The molecule has 0 spiro atoms. The standard InChI is InChI=1S/C11H10N2O5S/c1-3-18-11(17)5-4(2)19-9-6(5)8(14)12-7(13-9)10(15)16/h3H2,1-2H3,(H,15,16)(H,12,13,14). The Morgan fingerprint density at radius 1 is 1.47 bits per heavy atom. The van der Waals surface area contributed by atoms with Gasteiger partial charge in [-0.3, -0.25) is 4.79 Å². The Kier molecular flexibility index (Phi) is 3.34. The summed E-state index contributed by atoms with van der Waals surface area (Å²) in [5.74, 6) is -2.39. The zero-order chi connectivity index (χ0) is 14.2. The molecule has 2 heterocycles. The number of hydrogen-bond acceptors (Lipinski definition) is 6. The number of nitrogens with zero attached hydrogens (tertiary/aromatic N) is 1. The molecule has 8 heteroatoms. The van der Waals surface area contributed by atoms with Crippen molar-refractivity contribution in [1.29, 1.82) is 0 Å². The van der Waals surface area contributed by atoms with Gasteiger partial charge in [0.15, 0.2) is 0 Å². The van der Waals surface area contributed by atoms with Crippen molar-refractivity contribution < 1.29 is 19.4 Å². The van der Waals surface area contributed by atoms with E-state index in [1.165, 1.54) is 0 Å².